The van der Waals surface area contributed by atoms with Crippen molar-refractivity contribution in [2.45, 2.75) is 25.4 Å². The largest absolute Gasteiger partial charge is 0.484 e. The number of hydrogen-bond acceptors (Lipinski definition) is 5. The zero-order valence-electron chi connectivity index (χ0n) is 15.0. The Kier molecular flexibility index (Phi) is 6.38. The Balaban J connectivity index is 1.39. The first-order chi connectivity index (χ1) is 13.1. The summed E-state index contributed by atoms with van der Waals surface area (Å²) in [5.41, 5.74) is 1.24. The lowest BCUT2D eigenvalue weighted by atomic mass is 10.0. The number of likely N-dealkylation sites (tertiary alicyclic amines) is 1. The first-order valence-electron chi connectivity index (χ1n) is 9.03. The molecule has 0 atom stereocenters. The highest BCUT2D eigenvalue weighted by atomic mass is 16.6. The fourth-order valence-corrected chi connectivity index (χ4v) is 3.18. The molecule has 1 saturated heterocycles. The number of amides is 1. The third-order valence-electron chi connectivity index (χ3n) is 4.60. The molecular formula is C20H23N3O4. The van der Waals surface area contributed by atoms with Gasteiger partial charge in [0.15, 0.2) is 6.61 Å². The van der Waals surface area contributed by atoms with Gasteiger partial charge in [0.25, 0.3) is 11.6 Å². The number of nitro benzene ring substituents is 1. The number of carbonyl (C=O) groups is 1. The molecule has 1 heterocycles. The molecule has 142 valence electrons. The van der Waals surface area contributed by atoms with Crippen molar-refractivity contribution in [1.82, 2.24) is 10.2 Å². The number of hydrogen-bond donors (Lipinski definition) is 1. The highest BCUT2D eigenvalue weighted by Gasteiger charge is 2.21. The minimum absolute atomic E-state index is 0.0568. The number of piperidine rings is 1. The van der Waals surface area contributed by atoms with Crippen LogP contribution in [-0.4, -0.2) is 41.5 Å². The molecule has 1 aliphatic rings. The zero-order chi connectivity index (χ0) is 19.1. The minimum Gasteiger partial charge on any atom is -0.484 e. The van der Waals surface area contributed by atoms with Crippen molar-refractivity contribution in [2.24, 2.45) is 0 Å². The van der Waals surface area contributed by atoms with Gasteiger partial charge in [-0.25, -0.2) is 0 Å². The van der Waals surface area contributed by atoms with Crippen molar-refractivity contribution in [1.29, 1.82) is 0 Å². The smallest absolute Gasteiger partial charge is 0.273 e. The number of ether oxygens (including phenoxy) is 1. The van der Waals surface area contributed by atoms with Gasteiger partial charge in [0.05, 0.1) is 11.0 Å². The van der Waals surface area contributed by atoms with Crippen molar-refractivity contribution < 1.29 is 14.5 Å². The summed E-state index contributed by atoms with van der Waals surface area (Å²) in [7, 11) is 0. The second-order valence-corrected chi connectivity index (χ2v) is 6.65. The van der Waals surface area contributed by atoms with E-state index in [1.54, 1.807) is 6.07 Å². The molecule has 3 rings (SSSR count). The van der Waals surface area contributed by atoms with Crippen LogP contribution in [0.15, 0.2) is 54.6 Å². The Morgan fingerprint density at radius 3 is 2.59 bits per heavy atom. The summed E-state index contributed by atoms with van der Waals surface area (Å²) in [6, 6.07) is 16.3. The summed E-state index contributed by atoms with van der Waals surface area (Å²) < 4.78 is 5.37. The maximum absolute atomic E-state index is 12.1. The lowest BCUT2D eigenvalue weighted by molar-refractivity contribution is -0.384. The molecule has 7 nitrogen and oxygen atoms in total. The second kappa shape index (κ2) is 9.14. The predicted octanol–water partition coefficient (Wildman–Crippen LogP) is 2.75. The van der Waals surface area contributed by atoms with Crippen LogP contribution in [0.2, 0.25) is 0 Å². The summed E-state index contributed by atoms with van der Waals surface area (Å²) in [4.78, 5) is 24.8. The van der Waals surface area contributed by atoms with Gasteiger partial charge in [-0.2, -0.15) is 0 Å². The number of nitrogens with zero attached hydrogens (tertiary/aromatic N) is 2. The summed E-state index contributed by atoms with van der Waals surface area (Å²) in [5, 5.41) is 13.7. The number of benzene rings is 2. The quantitative estimate of drug-likeness (QED) is 0.599. The molecular weight excluding hydrogens is 346 g/mol. The van der Waals surface area contributed by atoms with Crippen molar-refractivity contribution in [3.8, 4) is 5.75 Å². The predicted molar refractivity (Wildman–Crippen MR) is 101 cm³/mol. The van der Waals surface area contributed by atoms with E-state index in [1.165, 1.54) is 23.8 Å². The van der Waals surface area contributed by atoms with Crippen LogP contribution >= 0.6 is 0 Å². The van der Waals surface area contributed by atoms with Crippen molar-refractivity contribution in [2.75, 3.05) is 19.7 Å². The molecule has 0 spiro atoms. The average Bonchev–Trinajstić information content (AvgIpc) is 2.69. The number of nitrogens with one attached hydrogen (secondary N) is 1. The normalized spacial score (nSPS) is 15.3. The van der Waals surface area contributed by atoms with Crippen LogP contribution in [0.25, 0.3) is 0 Å². The number of non-ortho nitro benzene ring substituents is 1. The van der Waals surface area contributed by atoms with E-state index < -0.39 is 4.92 Å². The summed E-state index contributed by atoms with van der Waals surface area (Å²) in [6.45, 7) is 2.65. The van der Waals surface area contributed by atoms with Gasteiger partial charge in [0, 0.05) is 31.7 Å². The fraction of sp³-hybridized carbons (Fsp3) is 0.350. The van der Waals surface area contributed by atoms with E-state index in [0.717, 1.165) is 32.5 Å². The van der Waals surface area contributed by atoms with Crippen LogP contribution in [0.3, 0.4) is 0 Å². The van der Waals surface area contributed by atoms with Crippen molar-refractivity contribution in [3.05, 3.63) is 70.3 Å². The zero-order valence-corrected chi connectivity index (χ0v) is 15.0. The van der Waals surface area contributed by atoms with Gasteiger partial charge in [-0.3, -0.25) is 19.8 Å². The van der Waals surface area contributed by atoms with Crippen molar-refractivity contribution in [3.63, 3.8) is 0 Å². The van der Waals surface area contributed by atoms with Gasteiger partial charge in [-0.15, -0.1) is 0 Å². The van der Waals surface area contributed by atoms with Gasteiger partial charge in [-0.05, 0) is 24.5 Å². The van der Waals surface area contributed by atoms with Crippen LogP contribution in [-0.2, 0) is 11.3 Å². The lowest BCUT2D eigenvalue weighted by Gasteiger charge is -2.32. The maximum Gasteiger partial charge on any atom is 0.273 e. The van der Waals surface area contributed by atoms with E-state index >= 15 is 0 Å². The van der Waals surface area contributed by atoms with Gasteiger partial charge in [0.2, 0.25) is 0 Å². The molecule has 0 aliphatic carbocycles. The Bertz CT molecular complexity index is 774. The first-order valence-corrected chi connectivity index (χ1v) is 9.03. The van der Waals surface area contributed by atoms with E-state index in [-0.39, 0.29) is 24.2 Å². The van der Waals surface area contributed by atoms with Crippen LogP contribution in [0.4, 0.5) is 5.69 Å². The van der Waals surface area contributed by atoms with E-state index in [1.807, 2.05) is 18.2 Å². The number of carbonyl (C=O) groups excluding carboxylic acids is 1. The van der Waals surface area contributed by atoms with E-state index in [2.05, 4.69) is 22.3 Å². The number of nitro groups is 1. The van der Waals surface area contributed by atoms with Crippen LogP contribution in [0.1, 0.15) is 18.4 Å². The molecule has 1 aliphatic heterocycles. The molecule has 0 bridgehead atoms. The second-order valence-electron chi connectivity index (χ2n) is 6.65. The SMILES string of the molecule is O=C(COc1cccc([N+](=O)[O-])c1)NC1CCN(Cc2ccccc2)CC1. The molecule has 0 saturated carbocycles. The van der Waals surface area contributed by atoms with E-state index in [4.69, 9.17) is 4.74 Å². The topological polar surface area (TPSA) is 84.7 Å². The molecule has 1 N–H and O–H groups in total. The fourth-order valence-electron chi connectivity index (χ4n) is 3.18. The Hall–Kier alpha value is -2.93. The summed E-state index contributed by atoms with van der Waals surface area (Å²) >= 11 is 0. The van der Waals surface area contributed by atoms with Crippen molar-refractivity contribution >= 4 is 11.6 Å². The van der Waals surface area contributed by atoms with Gasteiger partial charge in [-0.1, -0.05) is 36.4 Å². The first kappa shape index (κ1) is 18.8. The average molecular weight is 369 g/mol. The summed E-state index contributed by atoms with van der Waals surface area (Å²) in [5.74, 6) is 0.111. The van der Waals surface area contributed by atoms with E-state index in [9.17, 15) is 14.9 Å². The van der Waals surface area contributed by atoms with Crippen LogP contribution in [0.5, 0.6) is 5.75 Å². The van der Waals surface area contributed by atoms with E-state index in [0.29, 0.717) is 5.75 Å². The Morgan fingerprint density at radius 1 is 1.15 bits per heavy atom. The molecule has 0 unspecified atom stereocenters. The Labute approximate surface area is 158 Å². The van der Waals surface area contributed by atoms with Crippen LogP contribution < -0.4 is 10.1 Å². The molecule has 0 radical (unpaired) electrons. The summed E-state index contributed by atoms with van der Waals surface area (Å²) in [6.07, 6.45) is 1.80. The molecule has 0 aromatic heterocycles. The molecule has 1 amide bonds. The highest BCUT2D eigenvalue weighted by Crippen LogP contribution is 2.19. The molecule has 7 heteroatoms. The molecule has 2 aromatic rings. The van der Waals surface area contributed by atoms with Gasteiger partial charge >= 0.3 is 0 Å². The monoisotopic (exact) mass is 369 g/mol. The van der Waals surface area contributed by atoms with Gasteiger partial charge < -0.3 is 10.1 Å². The van der Waals surface area contributed by atoms with Gasteiger partial charge in [0.1, 0.15) is 5.75 Å². The molecule has 2 aromatic carbocycles. The molecule has 27 heavy (non-hydrogen) atoms. The highest BCUT2D eigenvalue weighted by molar-refractivity contribution is 5.77. The third-order valence-corrected chi connectivity index (χ3v) is 4.60. The maximum atomic E-state index is 12.1. The third kappa shape index (κ3) is 5.79. The Morgan fingerprint density at radius 2 is 1.89 bits per heavy atom. The minimum atomic E-state index is -0.490. The number of rotatable bonds is 7. The molecule has 1 fully saturated rings. The standard InChI is InChI=1S/C20H23N3O4/c24-20(15-27-19-8-4-7-18(13-19)23(25)26)21-17-9-11-22(12-10-17)14-16-5-2-1-3-6-16/h1-8,13,17H,9-12,14-15H2,(H,21,24). The van der Waals surface area contributed by atoms with Crippen LogP contribution in [0, 0.1) is 10.1 Å². The lowest BCUT2D eigenvalue weighted by Crippen LogP contribution is -2.45.